The van der Waals surface area contributed by atoms with Crippen LogP contribution in [0.2, 0.25) is 0 Å². The van der Waals surface area contributed by atoms with Crippen LogP contribution >= 0.6 is 12.3 Å². The van der Waals surface area contributed by atoms with Crippen LogP contribution in [0.25, 0.3) is 0 Å². The third kappa shape index (κ3) is 7.80. The van der Waals surface area contributed by atoms with Crippen LogP contribution in [0, 0.1) is 5.92 Å². The molecule has 2 saturated heterocycles. The Morgan fingerprint density at radius 2 is 1.86 bits per heavy atom. The number of alkyl carbamates (subject to hydrolysis) is 1. The summed E-state index contributed by atoms with van der Waals surface area (Å²) in [5.41, 5.74) is 0.668. The van der Waals surface area contributed by atoms with Crippen molar-refractivity contribution >= 4 is 24.3 Å². The highest BCUT2D eigenvalue weighted by Crippen LogP contribution is 2.59. The van der Waals surface area contributed by atoms with E-state index in [2.05, 4.69) is 42.2 Å². The molecule has 2 aliphatic heterocycles. The molecule has 1 spiro atoms. The van der Waals surface area contributed by atoms with Crippen molar-refractivity contribution in [2.75, 3.05) is 33.4 Å². The van der Waals surface area contributed by atoms with Gasteiger partial charge in [-0.3, -0.25) is 4.79 Å². The first-order chi connectivity index (χ1) is 17.3. The Balaban J connectivity index is 1.37. The standard InChI is InChI=1S/C25H42FN3O6S/c1-17(2)9-10-19-24(3,35-19)22-21(32-4)18(11-12-25(22)16-33-25)34-23(31)28-14-8-6-5-7-13-27-20(30)15-29-36-26/h9,18-19,21-22,29H,5-8,10-16H2,1-4H3,(H,27,30)(H,28,31)/t18?,19?,21?,22?,24-,25?/m1/s1. The number of hydrogen-bond donors (Lipinski definition) is 3. The number of ether oxygens (including phenoxy) is 4. The molecule has 2 amide bonds. The predicted molar refractivity (Wildman–Crippen MR) is 136 cm³/mol. The molecule has 11 heteroatoms. The van der Waals surface area contributed by atoms with Crippen LogP contribution in [0.5, 0.6) is 0 Å². The van der Waals surface area contributed by atoms with E-state index in [1.807, 2.05) is 0 Å². The van der Waals surface area contributed by atoms with E-state index in [1.54, 1.807) is 7.11 Å². The lowest BCUT2D eigenvalue weighted by Gasteiger charge is -2.42. The molecular weight excluding hydrogens is 489 g/mol. The predicted octanol–water partition coefficient (Wildman–Crippen LogP) is 3.59. The zero-order valence-corrected chi connectivity index (χ0v) is 22.7. The van der Waals surface area contributed by atoms with Crippen LogP contribution in [0.1, 0.15) is 65.7 Å². The zero-order chi connectivity index (χ0) is 26.2. The fourth-order valence-corrected chi connectivity index (χ4v) is 5.61. The van der Waals surface area contributed by atoms with Crippen molar-refractivity contribution in [2.45, 2.75) is 95.2 Å². The van der Waals surface area contributed by atoms with E-state index >= 15 is 0 Å². The van der Waals surface area contributed by atoms with Crippen molar-refractivity contribution in [1.29, 1.82) is 0 Å². The number of unbranched alkanes of at least 4 members (excludes halogenated alkanes) is 3. The van der Waals surface area contributed by atoms with Crippen molar-refractivity contribution < 1.29 is 32.4 Å². The van der Waals surface area contributed by atoms with Gasteiger partial charge in [-0.2, -0.15) is 0 Å². The molecule has 3 N–H and O–H groups in total. The smallest absolute Gasteiger partial charge is 0.407 e. The van der Waals surface area contributed by atoms with Crippen molar-refractivity contribution in [3.05, 3.63) is 11.6 Å². The monoisotopic (exact) mass is 531 g/mol. The van der Waals surface area contributed by atoms with Gasteiger partial charge in [-0.05, 0) is 52.9 Å². The Morgan fingerprint density at radius 3 is 2.47 bits per heavy atom. The number of carbonyl (C=O) groups excluding carboxylic acids is 2. The Kier molecular flexibility index (Phi) is 10.9. The summed E-state index contributed by atoms with van der Waals surface area (Å²) in [5, 5.41) is 5.57. The van der Waals surface area contributed by atoms with Gasteiger partial charge in [-0.25, -0.2) is 9.52 Å². The van der Waals surface area contributed by atoms with Gasteiger partial charge >= 0.3 is 6.09 Å². The summed E-state index contributed by atoms with van der Waals surface area (Å²) < 4.78 is 38.0. The summed E-state index contributed by atoms with van der Waals surface area (Å²) in [6, 6.07) is 0. The third-order valence-electron chi connectivity index (χ3n) is 7.48. The van der Waals surface area contributed by atoms with Gasteiger partial charge in [0.1, 0.15) is 35.7 Å². The second-order valence-electron chi connectivity index (χ2n) is 10.4. The van der Waals surface area contributed by atoms with Crippen LogP contribution in [-0.4, -0.2) is 74.9 Å². The molecule has 5 unspecified atom stereocenters. The maximum Gasteiger partial charge on any atom is 0.407 e. The number of methoxy groups -OCH3 is 1. The quantitative estimate of drug-likeness (QED) is 0.127. The molecule has 0 aromatic carbocycles. The van der Waals surface area contributed by atoms with E-state index in [-0.39, 0.29) is 60.2 Å². The van der Waals surface area contributed by atoms with E-state index in [0.717, 1.165) is 38.5 Å². The molecule has 0 radical (unpaired) electrons. The lowest BCUT2D eigenvalue weighted by molar-refractivity contribution is -0.119. The maximum atomic E-state index is 12.5. The third-order valence-corrected chi connectivity index (χ3v) is 7.73. The van der Waals surface area contributed by atoms with Crippen molar-refractivity contribution in [1.82, 2.24) is 15.4 Å². The van der Waals surface area contributed by atoms with Gasteiger partial charge in [0.25, 0.3) is 0 Å². The van der Waals surface area contributed by atoms with E-state index in [9.17, 15) is 13.5 Å². The number of epoxide rings is 2. The number of nitrogens with one attached hydrogen (secondary N) is 3. The van der Waals surface area contributed by atoms with Crippen LogP contribution in [0.15, 0.2) is 11.6 Å². The minimum atomic E-state index is -0.429. The summed E-state index contributed by atoms with van der Waals surface area (Å²) in [5.74, 6) is -0.224. The summed E-state index contributed by atoms with van der Waals surface area (Å²) in [4.78, 5) is 23.9. The van der Waals surface area contributed by atoms with Crippen LogP contribution in [0.4, 0.5) is 8.68 Å². The van der Waals surface area contributed by atoms with Crippen molar-refractivity contribution in [3.8, 4) is 0 Å². The molecule has 0 aromatic rings. The molecular formula is C25H42FN3O6S. The molecule has 3 aliphatic rings. The fourth-order valence-electron chi connectivity index (χ4n) is 5.43. The number of carbonyl (C=O) groups is 2. The Hall–Kier alpha value is -1.40. The lowest BCUT2D eigenvalue weighted by atomic mass is 9.68. The van der Waals surface area contributed by atoms with E-state index in [0.29, 0.717) is 26.1 Å². The highest BCUT2D eigenvalue weighted by Gasteiger charge is 2.72. The first kappa shape index (κ1) is 29.2. The van der Waals surface area contributed by atoms with Gasteiger partial charge in [0.15, 0.2) is 0 Å². The SMILES string of the molecule is COC1C(OC(=O)NCCCCCCNC(=O)CNSF)CCC2(CO2)C1[C@]1(C)OC1CC=C(C)C. The minimum absolute atomic E-state index is 0.00381. The van der Waals surface area contributed by atoms with Crippen LogP contribution < -0.4 is 15.4 Å². The largest absolute Gasteiger partial charge is 0.443 e. The van der Waals surface area contributed by atoms with Gasteiger partial charge < -0.3 is 29.6 Å². The summed E-state index contributed by atoms with van der Waals surface area (Å²) in [7, 11) is 1.67. The molecule has 206 valence electrons. The van der Waals surface area contributed by atoms with E-state index < -0.39 is 6.09 Å². The zero-order valence-electron chi connectivity index (χ0n) is 21.9. The Bertz CT molecular complexity index is 779. The second-order valence-corrected chi connectivity index (χ2v) is 10.9. The van der Waals surface area contributed by atoms with Crippen LogP contribution in [0.3, 0.4) is 0 Å². The number of allylic oxidation sites excluding steroid dienone is 1. The maximum absolute atomic E-state index is 12.5. The number of halogens is 1. The molecule has 0 bridgehead atoms. The van der Waals surface area contributed by atoms with Gasteiger partial charge in [0.2, 0.25) is 5.91 Å². The topological polar surface area (TPSA) is 114 Å². The summed E-state index contributed by atoms with van der Waals surface area (Å²) in [6.07, 6.45) is 7.11. The highest BCUT2D eigenvalue weighted by molar-refractivity contribution is 7.92. The summed E-state index contributed by atoms with van der Waals surface area (Å²) in [6.45, 7) is 8.03. The van der Waals surface area contributed by atoms with Gasteiger partial charge in [-0.1, -0.05) is 24.5 Å². The van der Waals surface area contributed by atoms with Gasteiger partial charge in [-0.15, -0.1) is 3.89 Å². The van der Waals surface area contributed by atoms with Gasteiger partial charge in [0.05, 0.1) is 25.2 Å². The van der Waals surface area contributed by atoms with Crippen LogP contribution in [-0.2, 0) is 23.7 Å². The number of rotatable bonds is 15. The molecule has 9 nitrogen and oxygen atoms in total. The number of hydrogen-bond acceptors (Lipinski definition) is 8. The molecule has 3 rings (SSSR count). The van der Waals surface area contributed by atoms with E-state index in [1.165, 1.54) is 5.57 Å². The first-order valence-electron chi connectivity index (χ1n) is 13.0. The molecule has 1 saturated carbocycles. The molecule has 2 heterocycles. The van der Waals surface area contributed by atoms with E-state index in [4.69, 9.17) is 18.9 Å². The molecule has 1 aliphatic carbocycles. The molecule has 6 atom stereocenters. The normalized spacial score (nSPS) is 32.6. The summed E-state index contributed by atoms with van der Waals surface area (Å²) >= 11 is -0.0695. The first-order valence-corrected chi connectivity index (χ1v) is 13.7. The van der Waals surface area contributed by atoms with Gasteiger partial charge in [0, 0.05) is 20.2 Å². The minimum Gasteiger partial charge on any atom is -0.443 e. The second kappa shape index (κ2) is 13.4. The Morgan fingerprint density at radius 1 is 1.17 bits per heavy atom. The highest BCUT2D eigenvalue weighted by atomic mass is 32.2. The molecule has 36 heavy (non-hydrogen) atoms. The average molecular weight is 532 g/mol. The molecule has 0 aromatic heterocycles. The Labute approximate surface area is 218 Å². The molecule has 3 fully saturated rings. The van der Waals surface area contributed by atoms with Crippen molar-refractivity contribution in [2.24, 2.45) is 5.92 Å². The van der Waals surface area contributed by atoms with Crippen molar-refractivity contribution in [3.63, 3.8) is 0 Å². The fraction of sp³-hybridized carbons (Fsp3) is 0.840. The average Bonchev–Trinajstić information content (AvgIpc) is 3.76. The lowest BCUT2D eigenvalue weighted by Crippen LogP contribution is -2.56. The number of amides is 2.